The van der Waals surface area contributed by atoms with Gasteiger partial charge in [0.2, 0.25) is 0 Å². The smallest absolute Gasteiger partial charge is 0.198 e. The topological polar surface area (TPSA) is 112 Å². The Morgan fingerprint density at radius 1 is 1.38 bits per heavy atom. The third-order valence-electron chi connectivity index (χ3n) is 3.23. The zero-order valence-electron chi connectivity index (χ0n) is 13.2. The van der Waals surface area contributed by atoms with E-state index < -0.39 is 0 Å². The maximum absolute atomic E-state index is 12.5. The van der Waals surface area contributed by atoms with Gasteiger partial charge in [0.15, 0.2) is 5.78 Å². The Bertz CT molecular complexity index is 424. The predicted molar refractivity (Wildman–Crippen MR) is 84.0 cm³/mol. The van der Waals surface area contributed by atoms with Crippen molar-refractivity contribution in [2.45, 2.75) is 52.6 Å². The number of aromatic nitrogens is 2. The number of hydrogen-bond donors (Lipinski definition) is 2. The van der Waals surface area contributed by atoms with Gasteiger partial charge in [0.25, 0.3) is 0 Å². The number of hydrogen-bond acceptors (Lipinski definition) is 5. The zero-order valence-corrected chi connectivity index (χ0v) is 13.2. The van der Waals surface area contributed by atoms with E-state index in [4.69, 9.17) is 5.73 Å². The van der Waals surface area contributed by atoms with E-state index in [1.54, 1.807) is 12.3 Å². The SMILES string of the molecule is CCCCCNC(C(=O)c1ccnc(CN)n1)C(C)C.O. The lowest BCUT2D eigenvalue weighted by Gasteiger charge is -2.21. The summed E-state index contributed by atoms with van der Waals surface area (Å²) in [5, 5.41) is 3.35. The van der Waals surface area contributed by atoms with Crippen molar-refractivity contribution in [2.24, 2.45) is 11.7 Å². The van der Waals surface area contributed by atoms with Crippen LogP contribution < -0.4 is 11.1 Å². The summed E-state index contributed by atoms with van der Waals surface area (Å²) in [6.45, 7) is 7.36. The first-order valence-electron chi connectivity index (χ1n) is 7.39. The van der Waals surface area contributed by atoms with Crippen LogP contribution in [0, 0.1) is 5.92 Å². The normalized spacial score (nSPS) is 12.0. The van der Waals surface area contributed by atoms with Gasteiger partial charge in [0.1, 0.15) is 11.5 Å². The molecule has 0 bridgehead atoms. The summed E-state index contributed by atoms with van der Waals surface area (Å²) in [4.78, 5) is 20.8. The van der Waals surface area contributed by atoms with E-state index in [0.717, 1.165) is 13.0 Å². The molecule has 0 spiro atoms. The quantitative estimate of drug-likeness (QED) is 0.523. The van der Waals surface area contributed by atoms with Crippen LogP contribution in [0.5, 0.6) is 0 Å². The van der Waals surface area contributed by atoms with Gasteiger partial charge in [0, 0.05) is 6.20 Å². The largest absolute Gasteiger partial charge is 0.412 e. The van der Waals surface area contributed by atoms with E-state index in [9.17, 15) is 4.79 Å². The van der Waals surface area contributed by atoms with Crippen molar-refractivity contribution < 1.29 is 10.3 Å². The Hall–Kier alpha value is -1.37. The van der Waals surface area contributed by atoms with Crippen molar-refractivity contribution in [2.75, 3.05) is 6.54 Å². The molecule has 0 aromatic carbocycles. The van der Waals surface area contributed by atoms with Crippen LogP contribution in [-0.2, 0) is 6.54 Å². The highest BCUT2D eigenvalue weighted by Crippen LogP contribution is 2.09. The summed E-state index contributed by atoms with van der Waals surface area (Å²) < 4.78 is 0. The second-order valence-corrected chi connectivity index (χ2v) is 5.31. The summed E-state index contributed by atoms with van der Waals surface area (Å²) in [7, 11) is 0. The average molecular weight is 296 g/mol. The van der Waals surface area contributed by atoms with Gasteiger partial charge in [-0.2, -0.15) is 0 Å². The first-order valence-corrected chi connectivity index (χ1v) is 7.39. The summed E-state index contributed by atoms with van der Waals surface area (Å²) in [5.74, 6) is 0.748. The minimum Gasteiger partial charge on any atom is -0.412 e. The lowest BCUT2D eigenvalue weighted by molar-refractivity contribution is 0.0911. The Balaban J connectivity index is 0.00000400. The fourth-order valence-corrected chi connectivity index (χ4v) is 2.06. The summed E-state index contributed by atoms with van der Waals surface area (Å²) >= 11 is 0. The van der Waals surface area contributed by atoms with Gasteiger partial charge in [0.05, 0.1) is 12.6 Å². The molecular formula is C15H28N4O2. The molecule has 6 heteroatoms. The molecule has 0 saturated heterocycles. The second-order valence-electron chi connectivity index (χ2n) is 5.31. The van der Waals surface area contributed by atoms with Gasteiger partial charge in [-0.15, -0.1) is 0 Å². The number of carbonyl (C=O) groups is 1. The molecule has 0 saturated carbocycles. The van der Waals surface area contributed by atoms with Crippen LogP contribution in [-0.4, -0.2) is 33.8 Å². The van der Waals surface area contributed by atoms with Gasteiger partial charge in [-0.05, 0) is 24.9 Å². The van der Waals surface area contributed by atoms with Gasteiger partial charge in [-0.25, -0.2) is 9.97 Å². The van der Waals surface area contributed by atoms with Crippen molar-refractivity contribution in [1.29, 1.82) is 0 Å². The van der Waals surface area contributed by atoms with Crippen LogP contribution in [0.4, 0.5) is 0 Å². The fraction of sp³-hybridized carbons (Fsp3) is 0.667. The van der Waals surface area contributed by atoms with Gasteiger partial charge < -0.3 is 16.5 Å². The zero-order chi connectivity index (χ0) is 15.0. The van der Waals surface area contributed by atoms with E-state index in [1.807, 2.05) is 13.8 Å². The molecular weight excluding hydrogens is 268 g/mol. The highest BCUT2D eigenvalue weighted by atomic mass is 16.1. The average Bonchev–Trinajstić information content (AvgIpc) is 2.46. The van der Waals surface area contributed by atoms with Gasteiger partial charge in [-0.3, -0.25) is 4.79 Å². The van der Waals surface area contributed by atoms with Crippen LogP contribution in [0.15, 0.2) is 12.3 Å². The molecule has 0 aliphatic rings. The predicted octanol–water partition coefficient (Wildman–Crippen LogP) is 1.10. The number of nitrogens with zero attached hydrogens (tertiary/aromatic N) is 2. The van der Waals surface area contributed by atoms with Crippen LogP contribution in [0.1, 0.15) is 56.3 Å². The lowest BCUT2D eigenvalue weighted by Crippen LogP contribution is -2.42. The monoisotopic (exact) mass is 296 g/mol. The van der Waals surface area contributed by atoms with Crippen LogP contribution in [0.25, 0.3) is 0 Å². The number of nitrogens with two attached hydrogens (primary N) is 1. The molecule has 1 heterocycles. The van der Waals surface area contributed by atoms with Gasteiger partial charge in [-0.1, -0.05) is 33.6 Å². The van der Waals surface area contributed by atoms with E-state index >= 15 is 0 Å². The van der Waals surface area contributed by atoms with Crippen molar-refractivity contribution in [3.8, 4) is 0 Å². The molecule has 120 valence electrons. The van der Waals surface area contributed by atoms with E-state index in [-0.39, 0.29) is 29.8 Å². The highest BCUT2D eigenvalue weighted by Gasteiger charge is 2.23. The minimum absolute atomic E-state index is 0. The third kappa shape index (κ3) is 6.29. The first kappa shape index (κ1) is 19.6. The maximum atomic E-state index is 12.5. The minimum atomic E-state index is -0.201. The lowest BCUT2D eigenvalue weighted by atomic mass is 9.97. The van der Waals surface area contributed by atoms with Gasteiger partial charge >= 0.3 is 0 Å². The van der Waals surface area contributed by atoms with E-state index in [1.165, 1.54) is 12.8 Å². The second kappa shape index (κ2) is 10.4. The molecule has 1 rings (SSSR count). The number of carbonyl (C=O) groups excluding carboxylic acids is 1. The maximum Gasteiger partial charge on any atom is 0.198 e. The number of Topliss-reactive ketones (excluding diaryl/α,β-unsaturated/α-hetero) is 1. The van der Waals surface area contributed by atoms with Crippen molar-refractivity contribution in [3.05, 3.63) is 23.8 Å². The molecule has 1 unspecified atom stereocenters. The number of ketones is 1. The van der Waals surface area contributed by atoms with Crippen molar-refractivity contribution in [3.63, 3.8) is 0 Å². The standard InChI is InChI=1S/C15H26N4O.H2O/c1-4-5-6-8-18-14(11(2)3)15(20)12-7-9-17-13(10-16)19-12;/h7,9,11,14,18H,4-6,8,10,16H2,1-3H3;1H2. The molecule has 1 aromatic heterocycles. The summed E-state index contributed by atoms with van der Waals surface area (Å²) in [6, 6.07) is 1.46. The van der Waals surface area contributed by atoms with Crippen LogP contribution in [0.3, 0.4) is 0 Å². The molecule has 0 aliphatic carbocycles. The number of unbranched alkanes of at least 4 members (excludes halogenated alkanes) is 2. The molecule has 1 atom stereocenters. The third-order valence-corrected chi connectivity index (χ3v) is 3.23. The molecule has 6 nitrogen and oxygen atoms in total. The number of rotatable bonds is 9. The van der Waals surface area contributed by atoms with E-state index in [0.29, 0.717) is 11.5 Å². The molecule has 5 N–H and O–H groups in total. The molecule has 21 heavy (non-hydrogen) atoms. The van der Waals surface area contributed by atoms with E-state index in [2.05, 4.69) is 22.2 Å². The molecule has 0 aliphatic heterocycles. The molecule has 0 fully saturated rings. The molecule has 0 radical (unpaired) electrons. The molecule has 0 amide bonds. The Morgan fingerprint density at radius 3 is 2.67 bits per heavy atom. The molecule has 1 aromatic rings. The fourth-order valence-electron chi connectivity index (χ4n) is 2.06. The Labute approximate surface area is 126 Å². The van der Waals surface area contributed by atoms with Crippen molar-refractivity contribution in [1.82, 2.24) is 15.3 Å². The first-order chi connectivity index (χ1) is 9.60. The highest BCUT2D eigenvalue weighted by molar-refractivity contribution is 5.98. The summed E-state index contributed by atoms with van der Waals surface area (Å²) in [5.41, 5.74) is 5.96. The summed E-state index contributed by atoms with van der Waals surface area (Å²) in [6.07, 6.45) is 5.03. The van der Waals surface area contributed by atoms with Crippen molar-refractivity contribution >= 4 is 5.78 Å². The van der Waals surface area contributed by atoms with Crippen LogP contribution >= 0.6 is 0 Å². The van der Waals surface area contributed by atoms with Crippen LogP contribution in [0.2, 0.25) is 0 Å². The Morgan fingerprint density at radius 2 is 2.10 bits per heavy atom. The Kier molecular flexibility index (Phi) is 9.69. The number of nitrogens with one attached hydrogen (secondary N) is 1.